The largest absolute Gasteiger partial charge is 1.00 e. The first-order chi connectivity index (χ1) is 14.3. The fraction of sp³-hybridized carbons (Fsp3) is 0.240. The number of hydrogen-bond donors (Lipinski definition) is 1. The van der Waals surface area contributed by atoms with E-state index in [1.54, 1.807) is 0 Å². The van der Waals surface area contributed by atoms with Gasteiger partial charge < -0.3 is 27.0 Å². The van der Waals surface area contributed by atoms with E-state index in [9.17, 15) is 4.79 Å². The highest BCUT2D eigenvalue weighted by molar-refractivity contribution is 7.95. The Morgan fingerprint density at radius 1 is 0.733 bits per heavy atom. The molecule has 0 aliphatic rings. The Hall–Kier alpha value is -2.16. The average molecular weight is 486 g/mol. The molecule has 30 heavy (non-hydrogen) atoms. The Bertz CT molecular complexity index is 779. The lowest BCUT2D eigenvalue weighted by molar-refractivity contribution is -0.0000110. The summed E-state index contributed by atoms with van der Waals surface area (Å²) in [6, 6.07) is 32.9. The SMILES string of the molecule is COC(=O)NCCCCC[P+](c1ccccc1)(c1ccccc1)c1ccccc1.[Br-]. The van der Waals surface area contributed by atoms with Crippen LogP contribution in [-0.4, -0.2) is 25.9 Å². The number of hydrogen-bond acceptors (Lipinski definition) is 2. The van der Waals surface area contributed by atoms with E-state index < -0.39 is 7.26 Å². The van der Waals surface area contributed by atoms with Gasteiger partial charge in [0.05, 0.1) is 13.3 Å². The third-order valence-corrected chi connectivity index (χ3v) is 9.74. The maximum atomic E-state index is 11.2. The highest BCUT2D eigenvalue weighted by atomic mass is 79.9. The van der Waals surface area contributed by atoms with Crippen LogP contribution in [0.4, 0.5) is 4.79 Å². The van der Waals surface area contributed by atoms with Gasteiger partial charge in [0, 0.05) is 6.54 Å². The van der Waals surface area contributed by atoms with Gasteiger partial charge in [-0.05, 0) is 55.7 Å². The Labute approximate surface area is 191 Å². The van der Waals surface area contributed by atoms with Crippen LogP contribution < -0.4 is 38.2 Å². The minimum absolute atomic E-state index is 0. The van der Waals surface area contributed by atoms with Crippen molar-refractivity contribution >= 4 is 29.3 Å². The van der Waals surface area contributed by atoms with Gasteiger partial charge in [0.15, 0.2) is 0 Å². The molecule has 0 bridgehead atoms. The summed E-state index contributed by atoms with van der Waals surface area (Å²) in [5.41, 5.74) is 0. The summed E-state index contributed by atoms with van der Waals surface area (Å²) >= 11 is 0. The summed E-state index contributed by atoms with van der Waals surface area (Å²) in [5, 5.41) is 7.04. The van der Waals surface area contributed by atoms with E-state index >= 15 is 0 Å². The first-order valence-electron chi connectivity index (χ1n) is 10.1. The summed E-state index contributed by atoms with van der Waals surface area (Å²) in [6.45, 7) is 0.653. The molecule has 5 heteroatoms. The van der Waals surface area contributed by atoms with E-state index in [0.29, 0.717) is 6.54 Å². The molecule has 0 aromatic heterocycles. The number of alkyl carbamates (subject to hydrolysis) is 1. The molecule has 0 heterocycles. The summed E-state index contributed by atoms with van der Waals surface area (Å²) in [7, 11) is -0.342. The molecule has 0 radical (unpaired) electrons. The van der Waals surface area contributed by atoms with Crippen LogP contribution in [0.15, 0.2) is 91.0 Å². The zero-order valence-electron chi connectivity index (χ0n) is 17.3. The third-order valence-electron chi connectivity index (χ3n) is 5.22. The van der Waals surface area contributed by atoms with Crippen molar-refractivity contribution in [1.29, 1.82) is 0 Å². The Kier molecular flexibility index (Phi) is 10.1. The Morgan fingerprint density at radius 3 is 1.57 bits per heavy atom. The molecule has 3 aromatic carbocycles. The molecule has 0 saturated heterocycles. The molecule has 0 aliphatic heterocycles. The van der Waals surface area contributed by atoms with Gasteiger partial charge in [-0.3, -0.25) is 0 Å². The molecule has 0 atom stereocenters. The second-order valence-corrected chi connectivity index (χ2v) is 10.6. The highest BCUT2D eigenvalue weighted by Crippen LogP contribution is 2.55. The van der Waals surface area contributed by atoms with Crippen molar-refractivity contribution in [2.24, 2.45) is 0 Å². The Balaban J connectivity index is 0.00000320. The van der Waals surface area contributed by atoms with Gasteiger partial charge in [0.25, 0.3) is 0 Å². The predicted molar refractivity (Wildman–Crippen MR) is 124 cm³/mol. The summed E-state index contributed by atoms with van der Waals surface area (Å²) in [6.07, 6.45) is 3.88. The van der Waals surface area contributed by atoms with Crippen LogP contribution in [0.25, 0.3) is 0 Å². The van der Waals surface area contributed by atoms with E-state index in [1.807, 2.05) is 0 Å². The monoisotopic (exact) mass is 485 g/mol. The van der Waals surface area contributed by atoms with Crippen LogP contribution >= 0.6 is 7.26 Å². The Morgan fingerprint density at radius 2 is 1.17 bits per heavy atom. The minimum Gasteiger partial charge on any atom is -1.00 e. The summed E-state index contributed by atoms with van der Waals surface area (Å²) in [4.78, 5) is 11.2. The number of halogens is 1. The normalized spacial score (nSPS) is 10.7. The lowest BCUT2D eigenvalue weighted by Crippen LogP contribution is -3.00. The molecule has 0 fully saturated rings. The molecule has 3 rings (SSSR count). The third kappa shape index (κ3) is 5.93. The van der Waals surface area contributed by atoms with Gasteiger partial charge in [0.1, 0.15) is 23.2 Å². The second kappa shape index (κ2) is 12.5. The molecule has 0 saturated carbocycles. The minimum atomic E-state index is -1.74. The number of ether oxygens (including phenoxy) is 1. The zero-order valence-corrected chi connectivity index (χ0v) is 19.8. The van der Waals surface area contributed by atoms with E-state index in [2.05, 4.69) is 101 Å². The van der Waals surface area contributed by atoms with Crippen LogP contribution in [-0.2, 0) is 4.74 Å². The van der Waals surface area contributed by atoms with Gasteiger partial charge in [-0.2, -0.15) is 0 Å². The molecular weight excluding hydrogens is 457 g/mol. The maximum Gasteiger partial charge on any atom is 0.406 e. The topological polar surface area (TPSA) is 38.3 Å². The van der Waals surface area contributed by atoms with Gasteiger partial charge in [-0.1, -0.05) is 54.6 Å². The molecular formula is C25H29BrNO2P. The molecule has 0 aliphatic carbocycles. The number of carbonyl (C=O) groups is 1. The van der Waals surface area contributed by atoms with Crippen LogP contribution in [0.2, 0.25) is 0 Å². The first-order valence-corrected chi connectivity index (χ1v) is 12.1. The van der Waals surface area contributed by atoms with Crippen molar-refractivity contribution in [3.8, 4) is 0 Å². The molecule has 0 spiro atoms. The number of nitrogens with one attached hydrogen (secondary N) is 1. The standard InChI is InChI=1S/C25H28NO2P.BrH/c1-28-25(27)26-20-12-5-13-21-29(22-14-6-2-7-15-22,23-16-8-3-9-17-23)24-18-10-4-11-19-24;/h2-4,6-11,14-19H,5,12-13,20-21H2,1H3;1H. The molecule has 0 unspecified atom stereocenters. The smallest absolute Gasteiger partial charge is 0.406 e. The maximum absolute atomic E-state index is 11.2. The van der Waals surface area contributed by atoms with Crippen LogP contribution in [0, 0.1) is 0 Å². The molecule has 1 N–H and O–H groups in total. The zero-order chi connectivity index (χ0) is 20.4. The van der Waals surface area contributed by atoms with Gasteiger partial charge in [-0.15, -0.1) is 0 Å². The lowest BCUT2D eigenvalue weighted by Gasteiger charge is -2.27. The number of carbonyl (C=O) groups excluding carboxylic acids is 1. The van der Waals surface area contributed by atoms with Crippen molar-refractivity contribution < 1.29 is 26.5 Å². The number of benzene rings is 3. The van der Waals surface area contributed by atoms with Gasteiger partial charge in [-0.25, -0.2) is 4.79 Å². The summed E-state index contributed by atoms with van der Waals surface area (Å²) in [5.74, 6) is 0. The molecule has 1 amide bonds. The highest BCUT2D eigenvalue weighted by Gasteiger charge is 2.44. The van der Waals surface area contributed by atoms with E-state index in [-0.39, 0.29) is 23.1 Å². The molecule has 3 aromatic rings. The number of methoxy groups -OCH3 is 1. The summed E-state index contributed by atoms with van der Waals surface area (Å²) < 4.78 is 4.64. The first kappa shape index (κ1) is 24.1. The van der Waals surface area contributed by atoms with E-state index in [4.69, 9.17) is 0 Å². The van der Waals surface area contributed by atoms with Crippen LogP contribution in [0.1, 0.15) is 19.3 Å². The van der Waals surface area contributed by atoms with Crippen molar-refractivity contribution in [2.75, 3.05) is 19.8 Å². The van der Waals surface area contributed by atoms with Gasteiger partial charge >= 0.3 is 6.09 Å². The quantitative estimate of drug-likeness (QED) is 0.368. The van der Waals surface area contributed by atoms with Crippen LogP contribution in [0.5, 0.6) is 0 Å². The van der Waals surface area contributed by atoms with Crippen molar-refractivity contribution in [1.82, 2.24) is 5.32 Å². The van der Waals surface area contributed by atoms with E-state index in [0.717, 1.165) is 25.4 Å². The van der Waals surface area contributed by atoms with Crippen molar-refractivity contribution in [3.63, 3.8) is 0 Å². The lowest BCUT2D eigenvalue weighted by atomic mass is 10.2. The van der Waals surface area contributed by atoms with E-state index in [1.165, 1.54) is 23.0 Å². The number of unbranched alkanes of at least 4 members (excludes halogenated alkanes) is 2. The van der Waals surface area contributed by atoms with Gasteiger partial charge in [0.2, 0.25) is 0 Å². The molecule has 158 valence electrons. The second-order valence-electron chi connectivity index (χ2n) is 7.02. The predicted octanol–water partition coefficient (Wildman–Crippen LogP) is 1.51. The van der Waals surface area contributed by atoms with Crippen LogP contribution in [0.3, 0.4) is 0 Å². The van der Waals surface area contributed by atoms with Crippen molar-refractivity contribution in [2.45, 2.75) is 19.3 Å². The number of rotatable bonds is 9. The average Bonchev–Trinajstić information content (AvgIpc) is 2.80. The fourth-order valence-electron chi connectivity index (χ4n) is 3.80. The van der Waals surface area contributed by atoms with Crippen molar-refractivity contribution in [3.05, 3.63) is 91.0 Å². The molecule has 3 nitrogen and oxygen atoms in total. The fourth-order valence-corrected chi connectivity index (χ4v) is 8.21. The number of amides is 1.